The Morgan fingerprint density at radius 3 is 2.83 bits per heavy atom. The Morgan fingerprint density at radius 1 is 1.29 bits per heavy atom. The van der Waals surface area contributed by atoms with Crippen molar-refractivity contribution in [3.63, 3.8) is 0 Å². The van der Waals surface area contributed by atoms with Gasteiger partial charge < -0.3 is 9.15 Å². The maximum absolute atomic E-state index is 12.5. The highest BCUT2D eigenvalue weighted by Gasteiger charge is 2.16. The van der Waals surface area contributed by atoms with Crippen molar-refractivity contribution in [1.29, 1.82) is 0 Å². The molecule has 0 fully saturated rings. The van der Waals surface area contributed by atoms with E-state index >= 15 is 0 Å². The van der Waals surface area contributed by atoms with Gasteiger partial charge in [-0.15, -0.1) is 5.10 Å². The minimum Gasteiger partial charge on any atom is -0.496 e. The van der Waals surface area contributed by atoms with Crippen LogP contribution in [0.3, 0.4) is 0 Å². The van der Waals surface area contributed by atoms with Crippen molar-refractivity contribution in [2.24, 2.45) is 0 Å². The number of furan rings is 1. The molecule has 6 nitrogen and oxygen atoms in total. The van der Waals surface area contributed by atoms with Gasteiger partial charge in [-0.25, -0.2) is 0 Å². The minimum absolute atomic E-state index is 0.296. The molecule has 0 aliphatic carbocycles. The van der Waals surface area contributed by atoms with Crippen LogP contribution in [0.15, 0.2) is 58.3 Å². The smallest absolute Gasteiger partial charge is 0.273 e. The third kappa shape index (κ3) is 3.26. The highest BCUT2D eigenvalue weighted by Crippen LogP contribution is 2.21. The van der Waals surface area contributed by atoms with E-state index in [0.29, 0.717) is 22.5 Å². The predicted molar refractivity (Wildman–Crippen MR) is 92.2 cm³/mol. The van der Waals surface area contributed by atoms with Crippen molar-refractivity contribution < 1.29 is 13.9 Å². The summed E-state index contributed by atoms with van der Waals surface area (Å²) in [5, 5.41) is 4.73. The molecule has 0 aliphatic heterocycles. The number of aromatic nitrogens is 3. The quantitative estimate of drug-likeness (QED) is 0.521. The summed E-state index contributed by atoms with van der Waals surface area (Å²) in [6.07, 6.45) is 6.51. The molecule has 1 aromatic carbocycles. The SMILES string of the molecule is COc1ccccc1C=CC(=O)n1nc(-c2ccco2)nc1SC. The Hall–Kier alpha value is -2.80. The molecule has 0 spiro atoms. The molecule has 122 valence electrons. The summed E-state index contributed by atoms with van der Waals surface area (Å²) < 4.78 is 11.8. The Morgan fingerprint density at radius 2 is 2.12 bits per heavy atom. The molecular weight excluding hydrogens is 326 g/mol. The molecule has 0 radical (unpaired) electrons. The number of benzene rings is 1. The molecule has 7 heteroatoms. The van der Waals surface area contributed by atoms with Gasteiger partial charge in [0.2, 0.25) is 5.82 Å². The van der Waals surface area contributed by atoms with E-state index in [1.54, 1.807) is 25.3 Å². The molecule has 0 N–H and O–H groups in total. The standard InChI is InChI=1S/C17H15N3O3S/c1-22-13-7-4-3-6-12(13)9-10-15(21)20-17(24-2)18-16(19-20)14-8-5-11-23-14/h3-11H,1-2H3. The van der Waals surface area contributed by atoms with Gasteiger partial charge in [-0.2, -0.15) is 9.67 Å². The number of rotatable bonds is 5. The van der Waals surface area contributed by atoms with Gasteiger partial charge in [-0.3, -0.25) is 4.79 Å². The molecule has 2 aromatic heterocycles. The van der Waals surface area contributed by atoms with Crippen LogP contribution in [-0.2, 0) is 0 Å². The van der Waals surface area contributed by atoms with Gasteiger partial charge in [0.15, 0.2) is 10.9 Å². The first-order valence-corrected chi connectivity index (χ1v) is 8.35. The second kappa shape index (κ2) is 7.18. The van der Waals surface area contributed by atoms with E-state index in [1.165, 1.54) is 28.8 Å². The lowest BCUT2D eigenvalue weighted by molar-refractivity contribution is 0.0944. The number of hydrogen-bond donors (Lipinski definition) is 0. The molecule has 0 amide bonds. The van der Waals surface area contributed by atoms with Crippen LogP contribution in [0, 0.1) is 0 Å². The predicted octanol–water partition coefficient (Wildman–Crippen LogP) is 3.62. The monoisotopic (exact) mass is 341 g/mol. The highest BCUT2D eigenvalue weighted by molar-refractivity contribution is 7.98. The summed E-state index contributed by atoms with van der Waals surface area (Å²) in [5.41, 5.74) is 0.811. The van der Waals surface area contributed by atoms with Crippen molar-refractivity contribution in [3.05, 3.63) is 54.3 Å². The van der Waals surface area contributed by atoms with Crippen LogP contribution in [0.2, 0.25) is 0 Å². The van der Waals surface area contributed by atoms with Gasteiger partial charge in [0.1, 0.15) is 5.75 Å². The average molecular weight is 341 g/mol. The summed E-state index contributed by atoms with van der Waals surface area (Å²) in [7, 11) is 1.59. The zero-order valence-electron chi connectivity index (χ0n) is 13.2. The zero-order chi connectivity index (χ0) is 16.9. The number of thioether (sulfide) groups is 1. The van der Waals surface area contributed by atoms with Crippen molar-refractivity contribution in [3.8, 4) is 17.3 Å². The normalized spacial score (nSPS) is 11.1. The molecular formula is C17H15N3O3S. The molecule has 0 aliphatic rings. The molecule has 0 bridgehead atoms. The lowest BCUT2D eigenvalue weighted by atomic mass is 10.2. The zero-order valence-corrected chi connectivity index (χ0v) is 14.0. The second-order valence-electron chi connectivity index (χ2n) is 4.72. The van der Waals surface area contributed by atoms with E-state index < -0.39 is 0 Å². The fourth-order valence-corrected chi connectivity index (χ4v) is 2.60. The summed E-state index contributed by atoms with van der Waals surface area (Å²) >= 11 is 1.34. The first-order valence-electron chi connectivity index (χ1n) is 7.13. The molecule has 0 saturated heterocycles. The number of methoxy groups -OCH3 is 1. The van der Waals surface area contributed by atoms with Gasteiger partial charge in [-0.1, -0.05) is 30.0 Å². The van der Waals surface area contributed by atoms with Gasteiger partial charge in [-0.05, 0) is 30.5 Å². The number of nitrogens with zero attached hydrogens (tertiary/aromatic N) is 3. The maximum Gasteiger partial charge on any atom is 0.273 e. The Bertz CT molecular complexity index is 869. The number of carbonyl (C=O) groups is 1. The first kappa shape index (κ1) is 16.1. The van der Waals surface area contributed by atoms with Crippen molar-refractivity contribution in [2.75, 3.05) is 13.4 Å². The molecule has 0 unspecified atom stereocenters. The molecule has 0 atom stereocenters. The van der Waals surface area contributed by atoms with E-state index in [9.17, 15) is 4.79 Å². The molecule has 3 rings (SSSR count). The first-order chi connectivity index (χ1) is 11.7. The molecule has 3 aromatic rings. The summed E-state index contributed by atoms with van der Waals surface area (Å²) in [6.45, 7) is 0. The fourth-order valence-electron chi connectivity index (χ4n) is 2.12. The fraction of sp³-hybridized carbons (Fsp3) is 0.118. The summed E-state index contributed by atoms with van der Waals surface area (Å²) in [5.74, 6) is 1.30. The lowest BCUT2D eigenvalue weighted by Gasteiger charge is -2.03. The second-order valence-corrected chi connectivity index (χ2v) is 5.50. The molecule has 0 saturated carbocycles. The lowest BCUT2D eigenvalue weighted by Crippen LogP contribution is -2.10. The van der Waals surface area contributed by atoms with Crippen LogP contribution in [0.1, 0.15) is 10.4 Å². The third-order valence-corrected chi connectivity index (χ3v) is 3.88. The minimum atomic E-state index is -0.296. The van der Waals surface area contributed by atoms with E-state index in [4.69, 9.17) is 9.15 Å². The maximum atomic E-state index is 12.5. The van der Waals surface area contributed by atoms with E-state index in [0.717, 1.165) is 5.56 Å². The van der Waals surface area contributed by atoms with Crippen LogP contribution < -0.4 is 4.74 Å². The molecule has 24 heavy (non-hydrogen) atoms. The van der Waals surface area contributed by atoms with Crippen molar-refractivity contribution >= 4 is 23.7 Å². The van der Waals surface area contributed by atoms with Gasteiger partial charge in [0, 0.05) is 11.6 Å². The number of hydrogen-bond acceptors (Lipinski definition) is 6. The van der Waals surface area contributed by atoms with E-state index in [2.05, 4.69) is 10.1 Å². The average Bonchev–Trinajstić information content (AvgIpc) is 3.28. The topological polar surface area (TPSA) is 70.2 Å². The Kier molecular flexibility index (Phi) is 4.81. The van der Waals surface area contributed by atoms with Crippen molar-refractivity contribution in [2.45, 2.75) is 5.16 Å². The van der Waals surface area contributed by atoms with Gasteiger partial charge >= 0.3 is 0 Å². The van der Waals surface area contributed by atoms with E-state index in [1.807, 2.05) is 30.5 Å². The van der Waals surface area contributed by atoms with Crippen LogP contribution in [-0.4, -0.2) is 34.0 Å². The third-order valence-electron chi connectivity index (χ3n) is 3.25. The van der Waals surface area contributed by atoms with E-state index in [-0.39, 0.29) is 5.91 Å². The number of allylic oxidation sites excluding steroid dienone is 1. The van der Waals surface area contributed by atoms with Crippen LogP contribution in [0.4, 0.5) is 0 Å². The highest BCUT2D eigenvalue weighted by atomic mass is 32.2. The number of para-hydroxylation sites is 1. The summed E-state index contributed by atoms with van der Waals surface area (Å²) in [6, 6.07) is 11.0. The van der Waals surface area contributed by atoms with Crippen LogP contribution >= 0.6 is 11.8 Å². The Labute approximate surface area is 143 Å². The number of carbonyl (C=O) groups excluding carboxylic acids is 1. The van der Waals surface area contributed by atoms with Crippen LogP contribution in [0.5, 0.6) is 5.75 Å². The Balaban J connectivity index is 1.88. The largest absolute Gasteiger partial charge is 0.496 e. The number of ether oxygens (including phenoxy) is 1. The van der Waals surface area contributed by atoms with Crippen molar-refractivity contribution in [1.82, 2.24) is 14.8 Å². The molecule has 2 heterocycles. The van der Waals surface area contributed by atoms with Gasteiger partial charge in [0.25, 0.3) is 5.91 Å². The van der Waals surface area contributed by atoms with Crippen LogP contribution in [0.25, 0.3) is 17.7 Å². The van der Waals surface area contributed by atoms with Gasteiger partial charge in [0.05, 0.1) is 13.4 Å². The summed E-state index contributed by atoms with van der Waals surface area (Å²) in [4.78, 5) is 16.8.